The monoisotopic (exact) mass is 1290 g/mol. The third kappa shape index (κ3) is 10.7. The van der Waals surface area contributed by atoms with E-state index in [-0.39, 0.29) is 0 Å². The first-order valence-electron chi connectivity index (χ1n) is 34.8. The Bertz CT molecular complexity index is 6370. The van der Waals surface area contributed by atoms with Crippen LogP contribution in [0.1, 0.15) is 0 Å². The average molecular weight is 1300 g/mol. The lowest BCUT2D eigenvalue weighted by molar-refractivity contribution is 1.18. The Hall–Kier alpha value is -13.5. The summed E-state index contributed by atoms with van der Waals surface area (Å²) in [6, 6.07) is 135. The summed E-state index contributed by atoms with van der Waals surface area (Å²) in [5, 5.41) is 14.8. The second-order valence-electron chi connectivity index (χ2n) is 26.3. The van der Waals surface area contributed by atoms with Gasteiger partial charge in [-0.05, 0) is 168 Å². The fourth-order valence-electron chi connectivity index (χ4n) is 15.4. The average Bonchev–Trinajstić information content (AvgIpc) is 0.744. The van der Waals surface area contributed by atoms with Crippen LogP contribution in [0.5, 0.6) is 0 Å². The molecule has 19 rings (SSSR count). The predicted octanol–water partition coefficient (Wildman–Crippen LogP) is 26.2. The molecule has 0 spiro atoms. The zero-order valence-electron chi connectivity index (χ0n) is 55.6. The van der Waals surface area contributed by atoms with E-state index in [1.165, 1.54) is 75.8 Å². The smallest absolute Gasteiger partial charge is 0.160 e. The number of nitrogens with zero attached hydrogens (tertiary/aromatic N) is 4. The Morgan fingerprint density at radius 1 is 0.118 bits per heavy atom. The minimum absolute atomic E-state index is 0.656. The Morgan fingerprint density at radius 2 is 0.382 bits per heavy atom. The van der Waals surface area contributed by atoms with Crippen molar-refractivity contribution in [2.45, 2.75) is 0 Å². The lowest BCUT2D eigenvalue weighted by atomic mass is 9.86. The quantitative estimate of drug-likeness (QED) is 0.114. The molecule has 0 fully saturated rings. The molecule has 19 aromatic rings. The highest BCUT2D eigenvalue weighted by atomic mass is 14.9. The molecule has 0 saturated heterocycles. The van der Waals surface area contributed by atoms with Gasteiger partial charge < -0.3 is 0 Å². The number of hydrogen-bond donors (Lipinski definition) is 0. The molecule has 474 valence electrons. The maximum atomic E-state index is 5.56. The maximum Gasteiger partial charge on any atom is 0.160 e. The van der Waals surface area contributed by atoms with E-state index < -0.39 is 0 Å². The first-order valence-corrected chi connectivity index (χ1v) is 34.8. The van der Waals surface area contributed by atoms with E-state index in [2.05, 4.69) is 352 Å². The molecule has 17 aromatic carbocycles. The molecule has 0 aliphatic rings. The predicted molar refractivity (Wildman–Crippen MR) is 428 cm³/mol. The van der Waals surface area contributed by atoms with Crippen LogP contribution in [0.15, 0.2) is 376 Å². The first-order chi connectivity index (χ1) is 50.6. The van der Waals surface area contributed by atoms with Crippen molar-refractivity contribution >= 4 is 64.6 Å². The Morgan fingerprint density at radius 3 is 0.853 bits per heavy atom. The van der Waals surface area contributed by atoms with Gasteiger partial charge in [-0.15, -0.1) is 0 Å². The number of rotatable bonds is 12. The van der Waals surface area contributed by atoms with Gasteiger partial charge in [-0.3, -0.25) is 0 Å². The van der Waals surface area contributed by atoms with Crippen LogP contribution in [0.25, 0.3) is 199 Å². The lowest BCUT2D eigenvalue weighted by Crippen LogP contribution is -1.98. The van der Waals surface area contributed by atoms with E-state index in [1.807, 2.05) is 24.3 Å². The third-order valence-electron chi connectivity index (χ3n) is 20.3. The standard InChI is InChI=1S/C98H62N4/c1-4-25-65(26-5-1)93-61-95(101-97(99-93)67-29-8-3-9-30-67)88-45-22-11-33-73(88)64-49-47-63(48-50-64)69-51-54-86-87-55-52-70(59-91(87)84-44-20-19-43-83(84)90(86)58-69)68-31-24-32-72(57-68)98-100-94(66-27-6-2-7-28-66)62-96(102-98)89-46-23-21-41-81(89)78-38-15-13-36-76(78)75-35-12-10-34-74(75)71-53-56-85-80-40-16-14-37-77(80)79-39-17-18-42-82(79)92(85)60-71/h1-62H. The Labute approximate surface area is 591 Å². The van der Waals surface area contributed by atoms with Crippen LogP contribution in [0.4, 0.5) is 0 Å². The summed E-state index contributed by atoms with van der Waals surface area (Å²) in [5.74, 6) is 1.35. The van der Waals surface area contributed by atoms with Crippen LogP contribution in [0.3, 0.4) is 0 Å². The van der Waals surface area contributed by atoms with Crippen molar-refractivity contribution in [1.82, 2.24) is 19.9 Å². The molecule has 2 heterocycles. The van der Waals surface area contributed by atoms with E-state index in [9.17, 15) is 0 Å². The molecular weight excluding hydrogens is 1230 g/mol. The van der Waals surface area contributed by atoms with E-state index in [0.29, 0.717) is 11.6 Å². The molecule has 0 radical (unpaired) electrons. The third-order valence-corrected chi connectivity index (χ3v) is 20.3. The maximum absolute atomic E-state index is 5.56. The summed E-state index contributed by atoms with van der Waals surface area (Å²) in [5.41, 5.74) is 23.1. The molecule has 0 aliphatic heterocycles. The molecule has 0 N–H and O–H groups in total. The number of aromatic nitrogens is 4. The van der Waals surface area contributed by atoms with Gasteiger partial charge in [-0.2, -0.15) is 0 Å². The second kappa shape index (κ2) is 25.4. The van der Waals surface area contributed by atoms with Crippen LogP contribution in [-0.2, 0) is 0 Å². The fraction of sp³-hybridized carbons (Fsp3) is 0. The van der Waals surface area contributed by atoms with Gasteiger partial charge in [-0.25, -0.2) is 19.9 Å². The normalized spacial score (nSPS) is 11.5. The second-order valence-corrected chi connectivity index (χ2v) is 26.3. The molecule has 0 atom stereocenters. The summed E-state index contributed by atoms with van der Waals surface area (Å²) in [7, 11) is 0. The van der Waals surface area contributed by atoms with Gasteiger partial charge in [0.05, 0.1) is 22.8 Å². The van der Waals surface area contributed by atoms with Crippen molar-refractivity contribution in [2.24, 2.45) is 0 Å². The van der Waals surface area contributed by atoms with E-state index >= 15 is 0 Å². The number of hydrogen-bond acceptors (Lipinski definition) is 4. The summed E-state index contributed by atoms with van der Waals surface area (Å²) in [6.45, 7) is 0. The largest absolute Gasteiger partial charge is 0.228 e. The molecule has 4 heteroatoms. The van der Waals surface area contributed by atoms with Crippen molar-refractivity contribution in [2.75, 3.05) is 0 Å². The van der Waals surface area contributed by atoms with Crippen molar-refractivity contribution in [1.29, 1.82) is 0 Å². The van der Waals surface area contributed by atoms with Crippen molar-refractivity contribution < 1.29 is 0 Å². The minimum atomic E-state index is 0.656. The highest BCUT2D eigenvalue weighted by Gasteiger charge is 2.22. The van der Waals surface area contributed by atoms with Crippen molar-refractivity contribution in [3.8, 4) is 135 Å². The summed E-state index contributed by atoms with van der Waals surface area (Å²) in [4.78, 5) is 21.2. The van der Waals surface area contributed by atoms with Crippen LogP contribution in [-0.4, -0.2) is 19.9 Å². The molecule has 2 aromatic heterocycles. The van der Waals surface area contributed by atoms with Crippen LogP contribution >= 0.6 is 0 Å². The zero-order chi connectivity index (χ0) is 67.5. The summed E-state index contributed by atoms with van der Waals surface area (Å²) >= 11 is 0. The summed E-state index contributed by atoms with van der Waals surface area (Å²) < 4.78 is 0. The van der Waals surface area contributed by atoms with Crippen LogP contribution < -0.4 is 0 Å². The minimum Gasteiger partial charge on any atom is -0.228 e. The Kier molecular flexibility index (Phi) is 14.9. The highest BCUT2D eigenvalue weighted by Crippen LogP contribution is 2.46. The van der Waals surface area contributed by atoms with Gasteiger partial charge in [0, 0.05) is 33.4 Å². The summed E-state index contributed by atoms with van der Waals surface area (Å²) in [6.07, 6.45) is 0. The highest BCUT2D eigenvalue weighted by molar-refractivity contribution is 6.27. The number of benzene rings is 17. The van der Waals surface area contributed by atoms with E-state index in [4.69, 9.17) is 19.9 Å². The van der Waals surface area contributed by atoms with Crippen molar-refractivity contribution in [3.05, 3.63) is 376 Å². The van der Waals surface area contributed by atoms with Crippen LogP contribution in [0, 0.1) is 0 Å². The van der Waals surface area contributed by atoms with Gasteiger partial charge in [-0.1, -0.05) is 340 Å². The molecule has 0 amide bonds. The first kappa shape index (κ1) is 59.7. The zero-order valence-corrected chi connectivity index (χ0v) is 55.6. The SMILES string of the molecule is c1ccc(-c2cc(-c3ccccc3-c3ccc(-c4ccc5c6ccc(-c7cccc(-c8nc(-c9ccccc9)cc(-c9ccccc9-c9ccccc9-c9ccccc9-c9ccc%10c%11ccccc%11c%11ccccc%11c%10c9)n8)c7)cc6c6ccccc6c5c4)cc3)nc(-c3ccccc3)n2)cc1. The molecule has 0 bridgehead atoms. The van der Waals surface area contributed by atoms with Gasteiger partial charge in [0.2, 0.25) is 0 Å². The van der Waals surface area contributed by atoms with Gasteiger partial charge in [0.25, 0.3) is 0 Å². The van der Waals surface area contributed by atoms with Gasteiger partial charge in [0.1, 0.15) is 0 Å². The molecule has 0 saturated carbocycles. The van der Waals surface area contributed by atoms with Gasteiger partial charge >= 0.3 is 0 Å². The fourth-order valence-corrected chi connectivity index (χ4v) is 15.4. The van der Waals surface area contributed by atoms with E-state index in [0.717, 1.165) is 112 Å². The molecule has 0 unspecified atom stereocenters. The Balaban J connectivity index is 0.660. The van der Waals surface area contributed by atoms with E-state index in [1.54, 1.807) is 0 Å². The number of fused-ring (bicyclic) bond motifs is 12. The van der Waals surface area contributed by atoms with Crippen LogP contribution in [0.2, 0.25) is 0 Å². The molecular formula is C98H62N4. The van der Waals surface area contributed by atoms with Gasteiger partial charge in [0.15, 0.2) is 11.6 Å². The molecule has 0 aliphatic carbocycles. The molecule has 102 heavy (non-hydrogen) atoms. The topological polar surface area (TPSA) is 51.6 Å². The molecule has 4 nitrogen and oxygen atoms in total. The van der Waals surface area contributed by atoms with Crippen molar-refractivity contribution in [3.63, 3.8) is 0 Å². The lowest BCUT2D eigenvalue weighted by Gasteiger charge is -2.18.